The molecule has 0 aliphatic heterocycles. The molecule has 1 heterocycles. The zero-order valence-corrected chi connectivity index (χ0v) is 22.8. The highest BCUT2D eigenvalue weighted by Crippen LogP contribution is 2.32. The summed E-state index contributed by atoms with van der Waals surface area (Å²) in [7, 11) is -0.382. The normalized spacial score (nSPS) is 11.1. The monoisotopic (exact) mass is 552 g/mol. The van der Waals surface area contributed by atoms with E-state index in [1.54, 1.807) is 32.2 Å². The molecule has 4 aromatic rings. The number of nitrogens with zero attached hydrogens (tertiary/aromatic N) is 1. The van der Waals surface area contributed by atoms with E-state index in [9.17, 15) is 13.2 Å². The van der Waals surface area contributed by atoms with Crippen molar-refractivity contribution in [2.75, 3.05) is 31.4 Å². The molecule has 38 heavy (non-hydrogen) atoms. The van der Waals surface area contributed by atoms with Crippen molar-refractivity contribution in [2.45, 2.75) is 18.4 Å². The summed E-state index contributed by atoms with van der Waals surface area (Å²) in [5, 5.41) is 8.53. The van der Waals surface area contributed by atoms with Crippen molar-refractivity contribution >= 4 is 38.1 Å². The average Bonchev–Trinajstić information content (AvgIpc) is 3.41. The van der Waals surface area contributed by atoms with Crippen LogP contribution >= 0.6 is 11.3 Å². The molecule has 11 heteroatoms. The van der Waals surface area contributed by atoms with Gasteiger partial charge in [-0.2, -0.15) is 0 Å². The third-order valence-corrected chi connectivity index (χ3v) is 7.87. The van der Waals surface area contributed by atoms with E-state index in [0.29, 0.717) is 22.7 Å². The minimum Gasteiger partial charge on any atom is -0.495 e. The summed E-state index contributed by atoms with van der Waals surface area (Å²) in [6.07, 6.45) is 0. The van der Waals surface area contributed by atoms with Crippen molar-refractivity contribution < 1.29 is 22.7 Å². The van der Waals surface area contributed by atoms with Gasteiger partial charge in [-0.05, 0) is 54.4 Å². The Morgan fingerprint density at radius 2 is 1.79 bits per heavy atom. The van der Waals surface area contributed by atoms with E-state index in [2.05, 4.69) is 20.3 Å². The lowest BCUT2D eigenvalue weighted by atomic mass is 10.1. The first-order chi connectivity index (χ1) is 18.3. The average molecular weight is 553 g/mol. The van der Waals surface area contributed by atoms with Crippen LogP contribution in [0.1, 0.15) is 11.1 Å². The highest BCUT2D eigenvalue weighted by molar-refractivity contribution is 7.89. The lowest BCUT2D eigenvalue weighted by molar-refractivity contribution is -0.118. The predicted octanol–water partition coefficient (Wildman–Crippen LogP) is 4.66. The van der Waals surface area contributed by atoms with Crippen LogP contribution in [0.15, 0.2) is 77.0 Å². The van der Waals surface area contributed by atoms with Gasteiger partial charge in [0.15, 0.2) is 11.7 Å². The highest BCUT2D eigenvalue weighted by atomic mass is 32.2. The molecule has 0 saturated heterocycles. The number of aryl methyl sites for hydroxylation is 1. The third-order valence-electron chi connectivity index (χ3n) is 5.61. The summed E-state index contributed by atoms with van der Waals surface area (Å²) in [5.74, 6) is 0.514. The van der Waals surface area contributed by atoms with Crippen molar-refractivity contribution in [2.24, 2.45) is 0 Å². The minimum atomic E-state index is -3.71. The Kier molecular flexibility index (Phi) is 8.62. The highest BCUT2D eigenvalue weighted by Gasteiger charge is 2.17. The molecule has 0 radical (unpaired) electrons. The Hall–Kier alpha value is -3.93. The van der Waals surface area contributed by atoms with E-state index in [1.165, 1.54) is 30.6 Å². The van der Waals surface area contributed by atoms with Crippen molar-refractivity contribution in [3.63, 3.8) is 0 Å². The second-order valence-corrected chi connectivity index (χ2v) is 10.9. The van der Waals surface area contributed by atoms with Crippen LogP contribution in [0.4, 0.5) is 10.8 Å². The van der Waals surface area contributed by atoms with Gasteiger partial charge in [0.05, 0.1) is 23.4 Å². The molecule has 0 fully saturated rings. The number of nitrogens with one attached hydrogen (secondary N) is 3. The molecule has 198 valence electrons. The topological polar surface area (TPSA) is 119 Å². The van der Waals surface area contributed by atoms with E-state index in [-0.39, 0.29) is 18.0 Å². The fourth-order valence-corrected chi connectivity index (χ4v) is 5.41. The van der Waals surface area contributed by atoms with E-state index < -0.39 is 15.9 Å². The molecule has 4 rings (SSSR count). The molecule has 0 aliphatic carbocycles. The number of hydrogen-bond donors (Lipinski definition) is 3. The molecular formula is C27H28N4O5S2. The van der Waals surface area contributed by atoms with E-state index in [4.69, 9.17) is 9.47 Å². The fourth-order valence-electron chi connectivity index (χ4n) is 3.62. The third kappa shape index (κ3) is 6.68. The van der Waals surface area contributed by atoms with Gasteiger partial charge < -0.3 is 20.1 Å². The van der Waals surface area contributed by atoms with Crippen LogP contribution in [0.3, 0.4) is 0 Å². The molecule has 0 bridgehead atoms. The Bertz CT molecular complexity index is 1520. The van der Waals surface area contributed by atoms with Crippen LogP contribution in [0.2, 0.25) is 0 Å². The number of methoxy groups -OCH3 is 1. The smallest absolute Gasteiger partial charge is 0.262 e. The van der Waals surface area contributed by atoms with Gasteiger partial charge in [-0.3, -0.25) is 4.79 Å². The van der Waals surface area contributed by atoms with Gasteiger partial charge in [0.2, 0.25) is 10.0 Å². The Balaban J connectivity index is 1.39. The number of anilines is 2. The molecule has 0 saturated carbocycles. The second-order valence-electron chi connectivity index (χ2n) is 8.28. The van der Waals surface area contributed by atoms with Gasteiger partial charge >= 0.3 is 0 Å². The SMILES string of the molecule is CNc1nc(-c2ccc(OC)c(NC(=O)COc3ccc(S(=O)(=O)NCc4ccccc4)cc3C)c2)cs1. The zero-order chi connectivity index (χ0) is 27.1. The quantitative estimate of drug-likeness (QED) is 0.248. The molecule has 1 amide bonds. The number of hydrogen-bond acceptors (Lipinski definition) is 8. The van der Waals surface area contributed by atoms with Gasteiger partial charge in [0, 0.05) is 24.5 Å². The first-order valence-electron chi connectivity index (χ1n) is 11.7. The molecule has 9 nitrogen and oxygen atoms in total. The molecule has 0 unspecified atom stereocenters. The molecule has 3 aromatic carbocycles. The number of thiazole rings is 1. The van der Waals surface area contributed by atoms with Gasteiger partial charge in [0.25, 0.3) is 5.91 Å². The Morgan fingerprint density at radius 1 is 1.03 bits per heavy atom. The van der Waals surface area contributed by atoms with Crippen molar-refractivity contribution in [3.8, 4) is 22.8 Å². The summed E-state index contributed by atoms with van der Waals surface area (Å²) < 4.78 is 39.1. The van der Waals surface area contributed by atoms with Crippen LogP contribution in [-0.2, 0) is 21.4 Å². The second kappa shape index (κ2) is 12.1. The summed E-state index contributed by atoms with van der Waals surface area (Å²) in [6, 6.07) is 19.2. The molecule has 0 atom stereocenters. The fraction of sp³-hybridized carbons (Fsp3) is 0.185. The van der Waals surface area contributed by atoms with Crippen molar-refractivity contribution in [1.82, 2.24) is 9.71 Å². The number of sulfonamides is 1. The molecule has 1 aromatic heterocycles. The van der Waals surface area contributed by atoms with Gasteiger partial charge in [-0.15, -0.1) is 11.3 Å². The van der Waals surface area contributed by atoms with Gasteiger partial charge in [-0.1, -0.05) is 30.3 Å². The van der Waals surface area contributed by atoms with Gasteiger partial charge in [-0.25, -0.2) is 18.1 Å². The van der Waals surface area contributed by atoms with Gasteiger partial charge in [0.1, 0.15) is 11.5 Å². The summed E-state index contributed by atoms with van der Waals surface area (Å²) in [6.45, 7) is 1.64. The number of carbonyl (C=O) groups excluding carboxylic acids is 1. The molecular weight excluding hydrogens is 524 g/mol. The van der Waals surface area contributed by atoms with E-state index in [0.717, 1.165) is 22.0 Å². The molecule has 3 N–H and O–H groups in total. The number of benzene rings is 3. The number of aromatic nitrogens is 1. The lowest BCUT2D eigenvalue weighted by Crippen LogP contribution is -2.23. The number of amides is 1. The Morgan fingerprint density at radius 3 is 2.47 bits per heavy atom. The van der Waals surface area contributed by atoms with Crippen LogP contribution in [-0.4, -0.2) is 40.1 Å². The van der Waals surface area contributed by atoms with E-state index in [1.807, 2.05) is 41.8 Å². The molecule has 0 spiro atoms. The zero-order valence-electron chi connectivity index (χ0n) is 21.1. The Labute approximate surface area is 225 Å². The lowest BCUT2D eigenvalue weighted by Gasteiger charge is -2.14. The van der Waals surface area contributed by atoms with Crippen LogP contribution in [0.5, 0.6) is 11.5 Å². The number of ether oxygens (including phenoxy) is 2. The largest absolute Gasteiger partial charge is 0.495 e. The van der Waals surface area contributed by atoms with E-state index >= 15 is 0 Å². The summed E-state index contributed by atoms with van der Waals surface area (Å²) in [5.41, 5.74) is 3.53. The van der Waals surface area contributed by atoms with Crippen LogP contribution in [0.25, 0.3) is 11.3 Å². The maximum absolute atomic E-state index is 12.7. The number of carbonyl (C=O) groups is 1. The van der Waals surface area contributed by atoms with Crippen molar-refractivity contribution in [3.05, 3.63) is 83.2 Å². The maximum atomic E-state index is 12.7. The predicted molar refractivity (Wildman–Crippen MR) is 149 cm³/mol. The van der Waals surface area contributed by atoms with Crippen LogP contribution in [0, 0.1) is 6.92 Å². The maximum Gasteiger partial charge on any atom is 0.262 e. The number of rotatable bonds is 11. The minimum absolute atomic E-state index is 0.118. The first kappa shape index (κ1) is 27.1. The molecule has 0 aliphatic rings. The standard InChI is InChI=1S/C27H28N4O5S2/c1-18-13-21(38(33,34)29-15-19-7-5-4-6-8-19)10-12-24(18)36-16-26(32)30-22-14-20(9-11-25(22)35-3)23-17-37-27(28-2)31-23/h4-14,17,29H,15-16H2,1-3H3,(H,28,31)(H,30,32). The van der Waals surface area contributed by atoms with Crippen LogP contribution < -0.4 is 24.8 Å². The first-order valence-corrected chi connectivity index (χ1v) is 14.0. The summed E-state index contributed by atoms with van der Waals surface area (Å²) >= 11 is 1.48. The van der Waals surface area contributed by atoms with Crippen molar-refractivity contribution in [1.29, 1.82) is 0 Å². The summed E-state index contributed by atoms with van der Waals surface area (Å²) in [4.78, 5) is 17.3.